The van der Waals surface area contributed by atoms with Crippen molar-refractivity contribution in [3.8, 4) is 5.75 Å². The minimum absolute atomic E-state index is 0.142. The van der Waals surface area contributed by atoms with Crippen molar-refractivity contribution in [3.05, 3.63) is 53.8 Å². The van der Waals surface area contributed by atoms with Gasteiger partial charge >= 0.3 is 0 Å². The number of aryl methyl sites for hydroxylation is 1. The maximum atomic E-state index is 13.1. The van der Waals surface area contributed by atoms with Crippen LogP contribution in [0, 0.1) is 12.7 Å². The van der Waals surface area contributed by atoms with Gasteiger partial charge in [-0.05, 0) is 36.8 Å². The zero-order valence-corrected chi connectivity index (χ0v) is 10.9. The van der Waals surface area contributed by atoms with E-state index >= 15 is 0 Å². The van der Waals surface area contributed by atoms with Gasteiger partial charge in [0.15, 0.2) is 0 Å². The Kier molecular flexibility index (Phi) is 3.44. The number of benzene rings is 2. The van der Waals surface area contributed by atoms with Crippen LogP contribution in [0.1, 0.15) is 5.56 Å². The number of hydrogen-bond acceptors (Lipinski definition) is 3. The molecule has 0 unspecified atom stereocenters. The van der Waals surface area contributed by atoms with E-state index in [1.807, 2.05) is 0 Å². The maximum absolute atomic E-state index is 13.1. The monoisotopic (exact) mass is 281 g/mol. The predicted molar refractivity (Wildman–Crippen MR) is 70.1 cm³/mol. The topological polar surface area (TPSA) is 66.4 Å². The van der Waals surface area contributed by atoms with Gasteiger partial charge in [0.1, 0.15) is 16.5 Å². The summed E-state index contributed by atoms with van der Waals surface area (Å²) in [5, 5.41) is 9.55. The third-order valence-electron chi connectivity index (χ3n) is 2.60. The zero-order chi connectivity index (χ0) is 14.0. The first-order chi connectivity index (χ1) is 8.90. The van der Waals surface area contributed by atoms with E-state index < -0.39 is 15.8 Å². The van der Waals surface area contributed by atoms with Crippen LogP contribution in [0.4, 0.5) is 10.1 Å². The first-order valence-electron chi connectivity index (χ1n) is 5.47. The second-order valence-corrected chi connectivity index (χ2v) is 5.68. The maximum Gasteiger partial charge on any atom is 0.265 e. The lowest BCUT2D eigenvalue weighted by molar-refractivity contribution is 0.459. The number of nitrogens with one attached hydrogen (secondary N) is 1. The van der Waals surface area contributed by atoms with E-state index in [-0.39, 0.29) is 16.3 Å². The summed E-state index contributed by atoms with van der Waals surface area (Å²) < 4.78 is 39.6. The van der Waals surface area contributed by atoms with Crippen molar-refractivity contribution >= 4 is 15.7 Å². The first kappa shape index (κ1) is 13.4. The Morgan fingerprint density at radius 1 is 1.16 bits per heavy atom. The van der Waals surface area contributed by atoms with Gasteiger partial charge in [-0.2, -0.15) is 0 Å². The summed E-state index contributed by atoms with van der Waals surface area (Å²) >= 11 is 0. The van der Waals surface area contributed by atoms with Gasteiger partial charge in [-0.15, -0.1) is 0 Å². The molecule has 0 spiro atoms. The standard InChI is InChI=1S/C13H12FNO3S/c1-9-6-7-10(14)8-11(9)15-19(17,18)13-5-3-2-4-12(13)16/h2-8,15-16H,1H3. The fourth-order valence-corrected chi connectivity index (χ4v) is 2.81. The Morgan fingerprint density at radius 3 is 2.53 bits per heavy atom. The highest BCUT2D eigenvalue weighted by Crippen LogP contribution is 2.25. The largest absolute Gasteiger partial charge is 0.507 e. The molecule has 2 aromatic rings. The minimum atomic E-state index is -3.95. The van der Waals surface area contributed by atoms with Crippen LogP contribution in [0.2, 0.25) is 0 Å². The number of sulfonamides is 1. The number of phenolic OH excluding ortho intramolecular Hbond substituents is 1. The molecule has 6 heteroatoms. The summed E-state index contributed by atoms with van der Waals surface area (Å²) in [6.45, 7) is 1.65. The van der Waals surface area contributed by atoms with Gasteiger partial charge in [-0.1, -0.05) is 18.2 Å². The molecule has 0 radical (unpaired) electrons. The van der Waals surface area contributed by atoms with Gasteiger partial charge in [0.2, 0.25) is 0 Å². The van der Waals surface area contributed by atoms with E-state index in [4.69, 9.17) is 0 Å². The molecule has 100 valence electrons. The lowest BCUT2D eigenvalue weighted by Gasteiger charge is -2.11. The van der Waals surface area contributed by atoms with Crippen molar-refractivity contribution < 1.29 is 17.9 Å². The van der Waals surface area contributed by atoms with Crippen LogP contribution in [0.3, 0.4) is 0 Å². The molecule has 0 aliphatic carbocycles. The molecule has 0 aromatic heterocycles. The number of hydrogen-bond donors (Lipinski definition) is 2. The fraction of sp³-hybridized carbons (Fsp3) is 0.0769. The molecule has 2 N–H and O–H groups in total. The van der Waals surface area contributed by atoms with Gasteiger partial charge in [0, 0.05) is 0 Å². The van der Waals surface area contributed by atoms with E-state index in [9.17, 15) is 17.9 Å². The molecule has 2 aromatic carbocycles. The minimum Gasteiger partial charge on any atom is -0.507 e. The highest BCUT2D eigenvalue weighted by atomic mass is 32.2. The van der Waals surface area contributed by atoms with E-state index in [1.54, 1.807) is 6.92 Å². The summed E-state index contributed by atoms with van der Waals surface area (Å²) in [4.78, 5) is -0.251. The fourth-order valence-electron chi connectivity index (χ4n) is 1.59. The number of rotatable bonds is 3. The summed E-state index contributed by atoms with van der Waals surface area (Å²) in [6, 6.07) is 9.35. The first-order valence-corrected chi connectivity index (χ1v) is 6.95. The Morgan fingerprint density at radius 2 is 1.84 bits per heavy atom. The average molecular weight is 281 g/mol. The van der Waals surface area contributed by atoms with Crippen molar-refractivity contribution in [2.75, 3.05) is 4.72 Å². The van der Waals surface area contributed by atoms with Crippen LogP contribution in [0.5, 0.6) is 5.75 Å². The van der Waals surface area contributed by atoms with Gasteiger partial charge in [-0.25, -0.2) is 12.8 Å². The van der Waals surface area contributed by atoms with Crippen LogP contribution in [0.15, 0.2) is 47.4 Å². The summed E-state index contributed by atoms with van der Waals surface area (Å²) in [6.07, 6.45) is 0. The molecule has 0 heterocycles. The smallest absolute Gasteiger partial charge is 0.265 e. The quantitative estimate of drug-likeness (QED) is 0.909. The molecule has 2 rings (SSSR count). The molecule has 0 saturated carbocycles. The SMILES string of the molecule is Cc1ccc(F)cc1NS(=O)(=O)c1ccccc1O. The lowest BCUT2D eigenvalue weighted by Crippen LogP contribution is -2.14. The molecule has 19 heavy (non-hydrogen) atoms. The van der Waals surface area contributed by atoms with Crippen molar-refractivity contribution in [1.29, 1.82) is 0 Å². The summed E-state index contributed by atoms with van der Waals surface area (Å²) in [5.41, 5.74) is 0.726. The second kappa shape index (κ2) is 4.89. The van der Waals surface area contributed by atoms with Gasteiger partial charge in [0.25, 0.3) is 10.0 Å². The van der Waals surface area contributed by atoms with E-state index in [1.165, 1.54) is 36.4 Å². The van der Waals surface area contributed by atoms with Crippen LogP contribution < -0.4 is 4.72 Å². The van der Waals surface area contributed by atoms with Gasteiger partial charge in [0.05, 0.1) is 5.69 Å². The van der Waals surface area contributed by atoms with Crippen LogP contribution in [-0.2, 0) is 10.0 Å². The zero-order valence-electron chi connectivity index (χ0n) is 10.1. The third-order valence-corrected chi connectivity index (χ3v) is 4.01. The molecular formula is C13H12FNO3S. The lowest BCUT2D eigenvalue weighted by atomic mass is 10.2. The predicted octanol–water partition coefficient (Wildman–Crippen LogP) is 2.64. The second-order valence-electron chi connectivity index (χ2n) is 4.03. The average Bonchev–Trinajstić information content (AvgIpc) is 2.34. The van der Waals surface area contributed by atoms with Crippen LogP contribution in [0.25, 0.3) is 0 Å². The summed E-state index contributed by atoms with van der Waals surface area (Å²) in [7, 11) is -3.95. The third kappa shape index (κ3) is 2.85. The Hall–Kier alpha value is -2.08. The molecule has 0 amide bonds. The molecular weight excluding hydrogens is 269 g/mol. The van der Waals surface area contributed by atoms with Crippen LogP contribution >= 0.6 is 0 Å². The number of aromatic hydroxyl groups is 1. The van der Waals surface area contributed by atoms with Gasteiger partial charge in [-0.3, -0.25) is 4.72 Å². The number of anilines is 1. The highest BCUT2D eigenvalue weighted by molar-refractivity contribution is 7.92. The normalized spacial score (nSPS) is 11.3. The van der Waals surface area contributed by atoms with E-state index in [0.717, 1.165) is 6.07 Å². The van der Waals surface area contributed by atoms with Gasteiger partial charge < -0.3 is 5.11 Å². The molecule has 0 bridgehead atoms. The molecule has 0 saturated heterocycles. The number of phenols is 1. The van der Waals surface area contributed by atoms with Crippen molar-refractivity contribution in [3.63, 3.8) is 0 Å². The van der Waals surface area contributed by atoms with Crippen molar-refractivity contribution in [2.24, 2.45) is 0 Å². The Labute approximate surface area is 110 Å². The molecule has 4 nitrogen and oxygen atoms in total. The van der Waals surface area contributed by atoms with Crippen LogP contribution in [-0.4, -0.2) is 13.5 Å². The van der Waals surface area contributed by atoms with E-state index in [2.05, 4.69) is 4.72 Å². The highest BCUT2D eigenvalue weighted by Gasteiger charge is 2.19. The Bertz CT molecular complexity index is 714. The molecule has 0 aliphatic rings. The van der Waals surface area contributed by atoms with Crippen molar-refractivity contribution in [2.45, 2.75) is 11.8 Å². The molecule has 0 fully saturated rings. The number of halogens is 1. The van der Waals surface area contributed by atoms with E-state index in [0.29, 0.717) is 5.56 Å². The Balaban J connectivity index is 2.43. The number of para-hydroxylation sites is 1. The molecule has 0 atom stereocenters. The summed E-state index contributed by atoms with van der Waals surface area (Å²) in [5.74, 6) is -0.898. The molecule has 0 aliphatic heterocycles. The van der Waals surface area contributed by atoms with Crippen molar-refractivity contribution in [1.82, 2.24) is 0 Å².